The van der Waals surface area contributed by atoms with E-state index in [1.807, 2.05) is 31.3 Å². The van der Waals surface area contributed by atoms with E-state index in [1.54, 1.807) is 10.7 Å². The number of benzene rings is 1. The van der Waals surface area contributed by atoms with Crippen LogP contribution in [0.3, 0.4) is 0 Å². The van der Waals surface area contributed by atoms with Gasteiger partial charge in [-0.3, -0.25) is 9.59 Å². The highest BCUT2D eigenvalue weighted by Gasteiger charge is 2.56. The first-order valence-electron chi connectivity index (χ1n) is 11.9. The summed E-state index contributed by atoms with van der Waals surface area (Å²) in [5.74, 6) is -0.481. The van der Waals surface area contributed by atoms with Gasteiger partial charge in [0, 0.05) is 26.4 Å². The van der Waals surface area contributed by atoms with Gasteiger partial charge in [-0.15, -0.1) is 5.10 Å². The van der Waals surface area contributed by atoms with Gasteiger partial charge in [-0.25, -0.2) is 14.1 Å². The number of alkyl halides is 1. The van der Waals surface area contributed by atoms with Crippen LogP contribution in [0, 0.1) is 17.2 Å². The molecule has 0 saturated heterocycles. The Bertz CT molecular complexity index is 1520. The predicted octanol–water partition coefficient (Wildman–Crippen LogP) is 2.76. The summed E-state index contributed by atoms with van der Waals surface area (Å²) in [7, 11) is 3.49. The molecular formula is C25H24FN9O2. The molecule has 0 radical (unpaired) electrons. The van der Waals surface area contributed by atoms with E-state index in [2.05, 4.69) is 35.9 Å². The van der Waals surface area contributed by atoms with Crippen molar-refractivity contribution in [2.75, 3.05) is 29.6 Å². The first-order valence-corrected chi connectivity index (χ1v) is 11.9. The van der Waals surface area contributed by atoms with Gasteiger partial charge in [-0.05, 0) is 38.3 Å². The number of halogens is 1. The fourth-order valence-corrected chi connectivity index (χ4v) is 5.03. The molecule has 188 valence electrons. The molecule has 3 heterocycles. The lowest BCUT2D eigenvalue weighted by atomic mass is 10.1. The summed E-state index contributed by atoms with van der Waals surface area (Å²) in [6, 6.07) is 9.21. The monoisotopic (exact) mass is 501 g/mol. The number of nitrogens with zero attached hydrogens (tertiary/aromatic N) is 6. The molecule has 2 aliphatic carbocycles. The van der Waals surface area contributed by atoms with Crippen LogP contribution in [0.5, 0.6) is 0 Å². The standard InChI is InChI=1S/C25H24FN9O2/c1-24(26)10-14(24)22(37)31-18-9-16(13(12-29-18)21(36)28-2)30-15-5-4-6-17-20(15)34(3)25(7-8-25)23-32-19(11-27)33-35(17)23/h4-6,9,12,14H,7-8,10H2,1-3H3,(H,28,36)(H2,29,30,31,37). The van der Waals surface area contributed by atoms with Crippen LogP contribution in [-0.2, 0) is 10.3 Å². The summed E-state index contributed by atoms with van der Waals surface area (Å²) in [4.78, 5) is 35.9. The van der Waals surface area contributed by atoms with E-state index in [-0.39, 0.29) is 35.1 Å². The number of para-hydroxylation sites is 1. The van der Waals surface area contributed by atoms with Gasteiger partial charge >= 0.3 is 0 Å². The highest BCUT2D eigenvalue weighted by Crippen LogP contribution is 2.57. The Morgan fingerprint density at radius 3 is 2.68 bits per heavy atom. The quantitative estimate of drug-likeness (QED) is 0.485. The van der Waals surface area contributed by atoms with E-state index < -0.39 is 17.5 Å². The van der Waals surface area contributed by atoms with Crippen molar-refractivity contribution in [3.05, 3.63) is 47.7 Å². The fourth-order valence-electron chi connectivity index (χ4n) is 5.03. The lowest BCUT2D eigenvalue weighted by molar-refractivity contribution is -0.118. The van der Waals surface area contributed by atoms with Crippen LogP contribution in [0.25, 0.3) is 5.69 Å². The highest BCUT2D eigenvalue weighted by atomic mass is 19.1. The molecule has 3 aliphatic rings. The Balaban J connectivity index is 1.40. The topological polar surface area (TPSA) is 141 Å². The summed E-state index contributed by atoms with van der Waals surface area (Å²) in [5, 5.41) is 22.4. The van der Waals surface area contributed by atoms with Crippen molar-refractivity contribution in [1.82, 2.24) is 25.1 Å². The van der Waals surface area contributed by atoms with E-state index in [0.717, 1.165) is 30.0 Å². The number of aromatic nitrogens is 4. The smallest absolute Gasteiger partial charge is 0.254 e. The molecule has 6 rings (SSSR count). The first kappa shape index (κ1) is 22.9. The molecule has 3 N–H and O–H groups in total. The zero-order valence-electron chi connectivity index (χ0n) is 20.5. The molecule has 0 bridgehead atoms. The molecule has 2 aromatic heterocycles. The van der Waals surface area contributed by atoms with Crippen LogP contribution in [0.4, 0.5) is 27.3 Å². The Morgan fingerprint density at radius 1 is 1.27 bits per heavy atom. The van der Waals surface area contributed by atoms with Crippen molar-refractivity contribution in [3.63, 3.8) is 0 Å². The van der Waals surface area contributed by atoms with Crippen LogP contribution in [0.2, 0.25) is 0 Å². The van der Waals surface area contributed by atoms with Crippen LogP contribution in [-0.4, -0.2) is 51.3 Å². The Morgan fingerprint density at radius 2 is 2.03 bits per heavy atom. The average Bonchev–Trinajstić information content (AvgIpc) is 3.76. The molecule has 2 atom stereocenters. The van der Waals surface area contributed by atoms with E-state index in [9.17, 15) is 19.2 Å². The third-order valence-electron chi connectivity index (χ3n) is 7.45. The Kier molecular flexibility index (Phi) is 4.79. The molecular weight excluding hydrogens is 477 g/mol. The van der Waals surface area contributed by atoms with Gasteiger partial charge in [0.2, 0.25) is 5.91 Å². The summed E-state index contributed by atoms with van der Waals surface area (Å²) in [6.45, 7) is 1.40. The minimum absolute atomic E-state index is 0.109. The van der Waals surface area contributed by atoms with Gasteiger partial charge in [0.05, 0.1) is 34.2 Å². The van der Waals surface area contributed by atoms with Gasteiger partial charge in [-0.1, -0.05) is 6.07 Å². The number of carbonyl (C=O) groups excluding carboxylic acids is 2. The lowest BCUT2D eigenvalue weighted by Crippen LogP contribution is -2.39. The van der Waals surface area contributed by atoms with Crippen molar-refractivity contribution < 1.29 is 14.0 Å². The SMILES string of the molecule is CNC(=O)c1cnc(NC(=O)C2CC2(C)F)cc1Nc1cccc2c1N(C)C1(CC1)c1nc(C#N)nn1-2. The first-order chi connectivity index (χ1) is 17.7. The second kappa shape index (κ2) is 7.73. The molecule has 37 heavy (non-hydrogen) atoms. The molecule has 3 aromatic rings. The molecule has 2 saturated carbocycles. The molecule has 11 nitrogen and oxygen atoms in total. The van der Waals surface area contributed by atoms with Crippen LogP contribution < -0.4 is 20.9 Å². The summed E-state index contributed by atoms with van der Waals surface area (Å²) >= 11 is 0. The van der Waals surface area contributed by atoms with Crippen molar-refractivity contribution in [2.45, 2.75) is 37.4 Å². The van der Waals surface area contributed by atoms with Gasteiger partial charge in [0.1, 0.15) is 23.1 Å². The number of fused-ring (bicyclic) bond motifs is 4. The van der Waals surface area contributed by atoms with E-state index in [4.69, 9.17) is 0 Å². The third kappa shape index (κ3) is 3.49. The van der Waals surface area contributed by atoms with Gasteiger partial charge in [0.25, 0.3) is 11.7 Å². The minimum Gasteiger partial charge on any atom is -0.358 e. The maximum atomic E-state index is 14.0. The molecule has 1 spiro atoms. The van der Waals surface area contributed by atoms with E-state index in [0.29, 0.717) is 11.4 Å². The average molecular weight is 502 g/mol. The maximum absolute atomic E-state index is 14.0. The zero-order chi connectivity index (χ0) is 26.1. The van der Waals surface area contributed by atoms with Crippen molar-refractivity contribution in [3.8, 4) is 11.8 Å². The van der Waals surface area contributed by atoms with Crippen molar-refractivity contribution >= 4 is 34.7 Å². The number of pyridine rings is 1. The van der Waals surface area contributed by atoms with Crippen LogP contribution >= 0.6 is 0 Å². The van der Waals surface area contributed by atoms with Gasteiger partial charge in [-0.2, -0.15) is 10.2 Å². The molecule has 1 aliphatic heterocycles. The summed E-state index contributed by atoms with van der Waals surface area (Å²) in [6.07, 6.45) is 3.27. The second-order valence-electron chi connectivity index (χ2n) is 9.89. The normalized spacial score (nSPS) is 21.9. The summed E-state index contributed by atoms with van der Waals surface area (Å²) < 4.78 is 15.7. The number of rotatable bonds is 5. The van der Waals surface area contributed by atoms with Gasteiger partial charge < -0.3 is 20.9 Å². The number of hydrogen-bond donors (Lipinski definition) is 3. The van der Waals surface area contributed by atoms with Crippen molar-refractivity contribution in [2.24, 2.45) is 5.92 Å². The zero-order valence-corrected chi connectivity index (χ0v) is 20.5. The van der Waals surface area contributed by atoms with E-state index in [1.165, 1.54) is 20.2 Å². The molecule has 12 heteroatoms. The van der Waals surface area contributed by atoms with Crippen molar-refractivity contribution in [1.29, 1.82) is 5.26 Å². The number of amides is 2. The largest absolute Gasteiger partial charge is 0.358 e. The van der Waals surface area contributed by atoms with Crippen LogP contribution in [0.1, 0.15) is 48.2 Å². The molecule has 2 fully saturated rings. The Hall–Kier alpha value is -4.53. The number of hydrogen-bond acceptors (Lipinski definition) is 8. The number of carbonyl (C=O) groups is 2. The molecule has 1 aromatic carbocycles. The Labute approximate surface area is 211 Å². The van der Waals surface area contributed by atoms with E-state index >= 15 is 0 Å². The third-order valence-corrected chi connectivity index (χ3v) is 7.45. The second-order valence-corrected chi connectivity index (χ2v) is 9.89. The lowest BCUT2D eigenvalue weighted by Gasteiger charge is -2.37. The predicted molar refractivity (Wildman–Crippen MR) is 133 cm³/mol. The number of nitriles is 1. The van der Waals surface area contributed by atoms with Crippen LogP contribution in [0.15, 0.2) is 30.5 Å². The number of anilines is 4. The van der Waals surface area contributed by atoms with Gasteiger partial charge in [0.15, 0.2) is 5.82 Å². The molecule has 2 unspecified atom stereocenters. The maximum Gasteiger partial charge on any atom is 0.254 e. The minimum atomic E-state index is -1.51. The fraction of sp³-hybridized carbons (Fsp3) is 0.360. The summed E-state index contributed by atoms with van der Waals surface area (Å²) in [5.41, 5.74) is 1.08. The highest BCUT2D eigenvalue weighted by molar-refractivity contribution is 6.02. The number of nitrogens with one attached hydrogen (secondary N) is 3. The molecule has 2 amide bonds.